The van der Waals surface area contributed by atoms with Crippen LogP contribution in [0.15, 0.2) is 24.3 Å². The van der Waals surface area contributed by atoms with Gasteiger partial charge in [-0.2, -0.15) is 0 Å². The third kappa shape index (κ3) is 16.1. The molecule has 2 N–H and O–H groups in total. The maximum atomic E-state index is 12.2. The van der Waals surface area contributed by atoms with Gasteiger partial charge >= 0.3 is 13.8 Å². The molecule has 0 amide bonds. The highest BCUT2D eigenvalue weighted by atomic mass is 35.5. The summed E-state index contributed by atoms with van der Waals surface area (Å²) in [7, 11) is 1.20. The summed E-state index contributed by atoms with van der Waals surface area (Å²) in [5, 5.41) is 9.67. The van der Waals surface area contributed by atoms with Crippen LogP contribution in [0.5, 0.6) is 5.75 Å². The molecule has 0 bridgehead atoms. The summed E-state index contributed by atoms with van der Waals surface area (Å²) < 4.78 is 34.1. The van der Waals surface area contributed by atoms with Crippen LogP contribution in [-0.2, 0) is 23.1 Å². The zero-order chi connectivity index (χ0) is 24.9. The molecule has 0 aliphatic carbocycles. The molecule has 2 unspecified atom stereocenters. The lowest BCUT2D eigenvalue weighted by atomic mass is 10.2. The fourth-order valence-electron chi connectivity index (χ4n) is 2.96. The molecule has 0 aliphatic heterocycles. The third-order valence-electron chi connectivity index (χ3n) is 4.49. The van der Waals surface area contributed by atoms with Gasteiger partial charge in [0.15, 0.2) is 0 Å². The van der Waals surface area contributed by atoms with Crippen molar-refractivity contribution in [2.24, 2.45) is 0 Å². The van der Waals surface area contributed by atoms with E-state index in [4.69, 9.17) is 35.2 Å². The number of phosphoric ester groups is 1. The molecule has 1 aromatic carbocycles. The first-order valence-corrected chi connectivity index (χ1v) is 12.9. The van der Waals surface area contributed by atoms with Crippen molar-refractivity contribution in [3.8, 4) is 5.75 Å². The molecular weight excluding hydrogens is 473 g/mol. The number of hydrogen-bond donors (Lipinski definition) is 2. The van der Waals surface area contributed by atoms with Crippen LogP contribution in [-0.4, -0.2) is 80.2 Å². The number of hydrogen-bond acceptors (Lipinski definition) is 6. The average Bonchev–Trinajstić information content (AvgIpc) is 2.66. The molecule has 9 nitrogen and oxygen atoms in total. The Kier molecular flexibility index (Phi) is 13.5. The molecule has 0 aliphatic rings. The maximum absolute atomic E-state index is 12.2. The Morgan fingerprint density at radius 3 is 2.33 bits per heavy atom. The quantitative estimate of drug-likeness (QED) is 0.170. The molecule has 1 rings (SSSR count). The van der Waals surface area contributed by atoms with Crippen molar-refractivity contribution in [3.05, 3.63) is 29.3 Å². The third-order valence-corrected chi connectivity index (χ3v) is 5.81. The van der Waals surface area contributed by atoms with Crippen molar-refractivity contribution < 1.29 is 42.4 Å². The number of phosphoric acid groups is 1. The molecule has 1 aromatic rings. The predicted octanol–water partition coefficient (Wildman–Crippen LogP) is 4.37. The van der Waals surface area contributed by atoms with Gasteiger partial charge in [0.1, 0.15) is 18.4 Å². The zero-order valence-electron chi connectivity index (χ0n) is 19.9. The Bertz CT molecular complexity index is 741. The smallest absolute Gasteiger partial charge is 0.472 e. The normalized spacial score (nSPS) is 15.6. The van der Waals surface area contributed by atoms with Crippen molar-refractivity contribution in [2.75, 3.05) is 47.5 Å². The van der Waals surface area contributed by atoms with Crippen LogP contribution in [0.1, 0.15) is 39.0 Å². The summed E-state index contributed by atoms with van der Waals surface area (Å²) >= 11 is 5.84. The van der Waals surface area contributed by atoms with E-state index < -0.39 is 19.9 Å². The number of benzene rings is 1. The SMILES string of the molecule is CC(CCOc1ccc(Cl)cc1)OCCCCCOP(=O)(O)O[C@H](CC(=O)O)C[N+](C)(C)C. The van der Waals surface area contributed by atoms with Gasteiger partial charge in [-0.1, -0.05) is 11.6 Å². The number of unbranched alkanes of at least 4 members (excludes halogenated alkanes) is 2. The minimum atomic E-state index is -4.33. The molecule has 0 spiro atoms. The number of rotatable bonds is 18. The minimum absolute atomic E-state index is 0.0441. The molecule has 33 heavy (non-hydrogen) atoms. The minimum Gasteiger partial charge on any atom is -0.493 e. The monoisotopic (exact) mass is 510 g/mol. The van der Waals surface area contributed by atoms with Gasteiger partial charge in [-0.15, -0.1) is 0 Å². The summed E-state index contributed by atoms with van der Waals surface area (Å²) in [5.41, 5.74) is 0. The van der Waals surface area contributed by atoms with Crippen molar-refractivity contribution in [1.82, 2.24) is 0 Å². The number of nitrogens with zero attached hydrogens (tertiary/aromatic N) is 1. The van der Waals surface area contributed by atoms with E-state index in [1.54, 1.807) is 12.1 Å². The summed E-state index contributed by atoms with van der Waals surface area (Å²) in [6, 6.07) is 7.20. The fraction of sp³-hybridized carbons (Fsp3) is 0.682. The molecule has 3 atom stereocenters. The summed E-state index contributed by atoms with van der Waals surface area (Å²) in [4.78, 5) is 20.9. The average molecular weight is 511 g/mol. The van der Waals surface area contributed by atoms with Crippen LogP contribution < -0.4 is 4.74 Å². The number of likely N-dealkylation sites (N-methyl/N-ethyl adjacent to an activating group) is 1. The summed E-state index contributed by atoms with van der Waals surface area (Å²) in [6.07, 6.45) is 1.61. The summed E-state index contributed by atoms with van der Waals surface area (Å²) in [5.74, 6) is -0.331. The van der Waals surface area contributed by atoms with Gasteiger partial charge in [0.05, 0.1) is 46.9 Å². The molecule has 0 radical (unpaired) electrons. The molecule has 0 saturated carbocycles. The Labute approximate surface area is 201 Å². The Morgan fingerprint density at radius 1 is 1.09 bits per heavy atom. The second-order valence-electron chi connectivity index (χ2n) is 8.93. The first-order chi connectivity index (χ1) is 15.4. The first kappa shape index (κ1) is 29.8. The molecule has 190 valence electrons. The molecular formula is C22H38ClNO8P+. The van der Waals surface area contributed by atoms with E-state index in [0.29, 0.717) is 29.1 Å². The van der Waals surface area contributed by atoms with E-state index in [9.17, 15) is 14.3 Å². The highest BCUT2D eigenvalue weighted by molar-refractivity contribution is 7.47. The van der Waals surface area contributed by atoms with Crippen LogP contribution in [0.2, 0.25) is 5.02 Å². The lowest BCUT2D eigenvalue weighted by molar-refractivity contribution is -0.873. The van der Waals surface area contributed by atoms with E-state index in [1.807, 2.05) is 40.2 Å². The van der Waals surface area contributed by atoms with Crippen LogP contribution >= 0.6 is 19.4 Å². The second kappa shape index (κ2) is 14.9. The van der Waals surface area contributed by atoms with Gasteiger partial charge in [-0.3, -0.25) is 13.8 Å². The number of halogens is 1. The topological polar surface area (TPSA) is 112 Å². The number of aliphatic carboxylic acids is 1. The van der Waals surface area contributed by atoms with Gasteiger partial charge in [0.25, 0.3) is 0 Å². The van der Waals surface area contributed by atoms with E-state index in [2.05, 4.69) is 0 Å². The van der Waals surface area contributed by atoms with Crippen LogP contribution in [0.3, 0.4) is 0 Å². The van der Waals surface area contributed by atoms with Gasteiger partial charge in [0, 0.05) is 18.1 Å². The number of quaternary nitrogens is 1. The van der Waals surface area contributed by atoms with Crippen LogP contribution in [0.25, 0.3) is 0 Å². The van der Waals surface area contributed by atoms with Crippen molar-refractivity contribution >= 4 is 25.4 Å². The predicted molar refractivity (Wildman–Crippen MR) is 127 cm³/mol. The molecule has 0 heterocycles. The second-order valence-corrected chi connectivity index (χ2v) is 10.8. The fourth-order valence-corrected chi connectivity index (χ4v) is 4.03. The Balaban J connectivity index is 2.15. The standard InChI is InChI=1S/C22H37ClNO8P/c1-18(12-15-30-20-10-8-19(23)9-11-20)29-13-6-5-7-14-31-33(27,28)32-21(16-22(25)26)17-24(2,3)4/h8-11,18,21H,5-7,12-17H2,1-4H3,(H-,25,26,27,28)/p+1/t18?,21-/m1/s1. The molecule has 11 heteroatoms. The Morgan fingerprint density at radius 2 is 1.73 bits per heavy atom. The largest absolute Gasteiger partial charge is 0.493 e. The number of ether oxygens (including phenoxy) is 2. The van der Waals surface area contributed by atoms with Gasteiger partial charge in [-0.25, -0.2) is 4.57 Å². The first-order valence-electron chi connectivity index (χ1n) is 11.0. The van der Waals surface area contributed by atoms with Gasteiger partial charge < -0.3 is 24.0 Å². The summed E-state index contributed by atoms with van der Waals surface area (Å²) in [6.45, 7) is 3.40. The van der Waals surface area contributed by atoms with E-state index in [1.165, 1.54) is 0 Å². The van der Waals surface area contributed by atoms with E-state index in [0.717, 1.165) is 25.0 Å². The number of carboxylic acid groups (broad SMARTS) is 1. The van der Waals surface area contributed by atoms with Crippen molar-refractivity contribution in [3.63, 3.8) is 0 Å². The van der Waals surface area contributed by atoms with Crippen LogP contribution in [0, 0.1) is 0 Å². The highest BCUT2D eigenvalue weighted by Gasteiger charge is 2.31. The van der Waals surface area contributed by atoms with Gasteiger partial charge in [-0.05, 0) is 50.5 Å². The highest BCUT2D eigenvalue weighted by Crippen LogP contribution is 2.45. The number of carbonyl (C=O) groups is 1. The molecule has 0 aromatic heterocycles. The van der Waals surface area contributed by atoms with Gasteiger partial charge in [0.2, 0.25) is 0 Å². The van der Waals surface area contributed by atoms with E-state index >= 15 is 0 Å². The van der Waals surface area contributed by atoms with Crippen LogP contribution in [0.4, 0.5) is 0 Å². The lowest BCUT2D eigenvalue weighted by Gasteiger charge is -2.29. The Hall–Kier alpha value is -1.19. The van der Waals surface area contributed by atoms with E-state index in [-0.39, 0.29) is 25.7 Å². The maximum Gasteiger partial charge on any atom is 0.472 e. The van der Waals surface area contributed by atoms with Crippen molar-refractivity contribution in [1.29, 1.82) is 0 Å². The zero-order valence-corrected chi connectivity index (χ0v) is 21.6. The van der Waals surface area contributed by atoms with Crippen molar-refractivity contribution in [2.45, 2.75) is 51.2 Å². The lowest BCUT2D eigenvalue weighted by Crippen LogP contribution is -2.42. The molecule has 0 fully saturated rings. The molecule has 0 saturated heterocycles. The number of carboxylic acids is 1.